The molecule has 0 aromatic carbocycles. The van der Waals surface area contributed by atoms with Gasteiger partial charge in [0.2, 0.25) is 11.8 Å². The number of carbonyl (C=O) groups is 2. The number of amides is 2. The molecule has 0 atom stereocenters. The average molecular weight is 199 g/mol. The molecule has 0 spiro atoms. The minimum atomic E-state index is -1.02. The average Bonchev–Trinajstić information content (AvgIpc) is 2.10. The van der Waals surface area contributed by atoms with Crippen LogP contribution < -0.4 is 0 Å². The van der Waals surface area contributed by atoms with Gasteiger partial charge in [-0.25, -0.2) is 0 Å². The van der Waals surface area contributed by atoms with Crippen molar-refractivity contribution in [3.63, 3.8) is 0 Å². The van der Waals surface area contributed by atoms with Crippen LogP contribution in [0.3, 0.4) is 0 Å². The normalized spacial score (nSPS) is 21.9. The monoisotopic (exact) mass is 199 g/mol. The third kappa shape index (κ3) is 2.12. The Morgan fingerprint density at radius 3 is 2.21 bits per heavy atom. The molecule has 1 saturated heterocycles. The van der Waals surface area contributed by atoms with Crippen LogP contribution in [0, 0.1) is 5.41 Å². The van der Waals surface area contributed by atoms with Gasteiger partial charge >= 0.3 is 0 Å². The largest absolute Gasteiger partial charge is 0.389 e. The van der Waals surface area contributed by atoms with E-state index in [1.54, 1.807) is 27.7 Å². The third-order valence-corrected chi connectivity index (χ3v) is 2.26. The predicted molar refractivity (Wildman–Crippen MR) is 51.4 cm³/mol. The molecule has 0 unspecified atom stereocenters. The van der Waals surface area contributed by atoms with Crippen molar-refractivity contribution in [1.29, 1.82) is 0 Å². The SMILES string of the molecule is CC(C)(O)CN1C(=O)CC(C)(C)C1=O. The van der Waals surface area contributed by atoms with Gasteiger partial charge in [-0.15, -0.1) is 0 Å². The van der Waals surface area contributed by atoms with Crippen molar-refractivity contribution in [2.45, 2.75) is 39.7 Å². The number of rotatable bonds is 2. The van der Waals surface area contributed by atoms with Crippen LogP contribution in [-0.4, -0.2) is 34.0 Å². The Bertz CT molecular complexity index is 276. The number of likely N-dealkylation sites (tertiary alicyclic amines) is 1. The topological polar surface area (TPSA) is 57.6 Å². The van der Waals surface area contributed by atoms with Gasteiger partial charge in [0.15, 0.2) is 0 Å². The number of nitrogens with zero attached hydrogens (tertiary/aromatic N) is 1. The summed E-state index contributed by atoms with van der Waals surface area (Å²) in [6.45, 7) is 6.74. The Kier molecular flexibility index (Phi) is 2.44. The Morgan fingerprint density at radius 2 is 1.93 bits per heavy atom. The van der Waals surface area contributed by atoms with Gasteiger partial charge in [-0.1, -0.05) is 13.8 Å². The van der Waals surface area contributed by atoms with E-state index in [0.717, 1.165) is 4.90 Å². The van der Waals surface area contributed by atoms with E-state index in [9.17, 15) is 14.7 Å². The maximum atomic E-state index is 11.7. The van der Waals surface area contributed by atoms with E-state index in [2.05, 4.69) is 0 Å². The standard InChI is InChI=1S/C10H17NO3/c1-9(2)5-7(12)11(8(9)13)6-10(3,4)14/h14H,5-6H2,1-4H3. The molecule has 1 heterocycles. The lowest BCUT2D eigenvalue weighted by molar-refractivity contribution is -0.144. The lowest BCUT2D eigenvalue weighted by Crippen LogP contribution is -2.43. The van der Waals surface area contributed by atoms with E-state index >= 15 is 0 Å². The molecule has 0 radical (unpaired) electrons. The predicted octanol–water partition coefficient (Wildman–Crippen LogP) is 0.542. The van der Waals surface area contributed by atoms with Gasteiger partial charge in [0.1, 0.15) is 0 Å². The molecule has 2 amide bonds. The molecule has 1 N–H and O–H groups in total. The molecule has 1 aliphatic heterocycles. The summed E-state index contributed by atoms with van der Waals surface area (Å²) in [5.74, 6) is -0.383. The van der Waals surface area contributed by atoms with Gasteiger partial charge in [0.05, 0.1) is 17.6 Å². The summed E-state index contributed by atoms with van der Waals surface area (Å²) in [7, 11) is 0. The molecule has 14 heavy (non-hydrogen) atoms. The van der Waals surface area contributed by atoms with Crippen LogP contribution in [0.5, 0.6) is 0 Å². The van der Waals surface area contributed by atoms with Gasteiger partial charge < -0.3 is 5.11 Å². The summed E-state index contributed by atoms with van der Waals surface area (Å²) in [5.41, 5.74) is -1.63. The van der Waals surface area contributed by atoms with Crippen LogP contribution in [0.1, 0.15) is 34.1 Å². The van der Waals surface area contributed by atoms with Crippen molar-refractivity contribution < 1.29 is 14.7 Å². The van der Waals surface area contributed by atoms with E-state index < -0.39 is 11.0 Å². The smallest absolute Gasteiger partial charge is 0.235 e. The number of carbonyl (C=O) groups excluding carboxylic acids is 2. The summed E-state index contributed by atoms with van der Waals surface area (Å²) in [6, 6.07) is 0. The maximum absolute atomic E-state index is 11.7. The Morgan fingerprint density at radius 1 is 1.43 bits per heavy atom. The second kappa shape index (κ2) is 3.05. The first-order valence-electron chi connectivity index (χ1n) is 4.71. The second-order valence-electron chi connectivity index (χ2n) is 5.16. The van der Waals surface area contributed by atoms with Crippen LogP contribution in [0.25, 0.3) is 0 Å². The summed E-state index contributed by atoms with van der Waals surface area (Å²) in [5, 5.41) is 9.54. The van der Waals surface area contributed by atoms with Crippen LogP contribution in [-0.2, 0) is 9.59 Å². The highest BCUT2D eigenvalue weighted by molar-refractivity contribution is 6.05. The summed E-state index contributed by atoms with van der Waals surface area (Å²) < 4.78 is 0. The highest BCUT2D eigenvalue weighted by Gasteiger charge is 2.45. The van der Waals surface area contributed by atoms with Crippen molar-refractivity contribution >= 4 is 11.8 Å². The molecule has 0 aromatic heterocycles. The number of imide groups is 1. The van der Waals surface area contributed by atoms with Gasteiger partial charge in [0.25, 0.3) is 0 Å². The molecule has 0 aliphatic carbocycles. The molecule has 4 heteroatoms. The Labute approximate surface area is 83.9 Å². The molecule has 0 aromatic rings. The van der Waals surface area contributed by atoms with Crippen molar-refractivity contribution in [2.75, 3.05) is 6.54 Å². The summed E-state index contributed by atoms with van der Waals surface area (Å²) in [6.07, 6.45) is 0.238. The maximum Gasteiger partial charge on any atom is 0.235 e. The molecule has 1 fully saturated rings. The number of hydrogen-bond donors (Lipinski definition) is 1. The lowest BCUT2D eigenvalue weighted by Gasteiger charge is -2.25. The third-order valence-electron chi connectivity index (χ3n) is 2.26. The van der Waals surface area contributed by atoms with Crippen LogP contribution in [0.4, 0.5) is 0 Å². The molecular weight excluding hydrogens is 182 g/mol. The van der Waals surface area contributed by atoms with E-state index in [1.165, 1.54) is 0 Å². The van der Waals surface area contributed by atoms with Gasteiger partial charge in [-0.05, 0) is 13.8 Å². The highest BCUT2D eigenvalue weighted by Crippen LogP contribution is 2.32. The lowest BCUT2D eigenvalue weighted by atomic mass is 9.92. The van der Waals surface area contributed by atoms with Gasteiger partial charge in [-0.2, -0.15) is 0 Å². The minimum absolute atomic E-state index is 0.0775. The minimum Gasteiger partial charge on any atom is -0.389 e. The highest BCUT2D eigenvalue weighted by atomic mass is 16.3. The zero-order valence-corrected chi connectivity index (χ0v) is 9.13. The van der Waals surface area contributed by atoms with E-state index in [4.69, 9.17) is 0 Å². The number of hydrogen-bond acceptors (Lipinski definition) is 3. The van der Waals surface area contributed by atoms with Crippen LogP contribution >= 0.6 is 0 Å². The fraction of sp³-hybridized carbons (Fsp3) is 0.800. The molecule has 1 rings (SSSR count). The zero-order valence-electron chi connectivity index (χ0n) is 9.13. The fourth-order valence-electron chi connectivity index (χ4n) is 1.57. The van der Waals surface area contributed by atoms with Crippen molar-refractivity contribution in [3.8, 4) is 0 Å². The van der Waals surface area contributed by atoms with E-state index in [-0.39, 0.29) is 24.8 Å². The molecule has 0 saturated carbocycles. The molecular formula is C10H17NO3. The van der Waals surface area contributed by atoms with Crippen molar-refractivity contribution in [2.24, 2.45) is 5.41 Å². The summed E-state index contributed by atoms with van der Waals surface area (Å²) in [4.78, 5) is 24.3. The molecule has 0 bridgehead atoms. The Balaban J connectivity index is 2.82. The first-order valence-corrected chi connectivity index (χ1v) is 4.71. The molecule has 4 nitrogen and oxygen atoms in total. The molecule has 1 aliphatic rings. The molecule has 80 valence electrons. The fourth-order valence-corrected chi connectivity index (χ4v) is 1.57. The van der Waals surface area contributed by atoms with E-state index in [0.29, 0.717) is 0 Å². The number of β-amino-alcohol motifs (C(OH)–C–C–N with tert-alkyl or cyclic N) is 1. The van der Waals surface area contributed by atoms with Gasteiger partial charge in [-0.3, -0.25) is 14.5 Å². The van der Waals surface area contributed by atoms with E-state index in [1.807, 2.05) is 0 Å². The first kappa shape index (κ1) is 11.2. The van der Waals surface area contributed by atoms with Gasteiger partial charge in [0, 0.05) is 6.42 Å². The van der Waals surface area contributed by atoms with Crippen molar-refractivity contribution in [1.82, 2.24) is 4.90 Å². The first-order chi connectivity index (χ1) is 6.13. The second-order valence-corrected chi connectivity index (χ2v) is 5.16. The quantitative estimate of drug-likeness (QED) is 0.660. The summed E-state index contributed by atoms with van der Waals surface area (Å²) >= 11 is 0. The zero-order chi connectivity index (χ0) is 11.1. The Hall–Kier alpha value is -0.900. The van der Waals surface area contributed by atoms with Crippen LogP contribution in [0.15, 0.2) is 0 Å². The van der Waals surface area contributed by atoms with Crippen molar-refractivity contribution in [3.05, 3.63) is 0 Å². The number of aliphatic hydroxyl groups is 1. The van der Waals surface area contributed by atoms with Crippen LogP contribution in [0.2, 0.25) is 0 Å².